The number of likely N-dealkylation sites (tertiary alicyclic amines) is 1. The number of piperazine rings is 1. The fourth-order valence-corrected chi connectivity index (χ4v) is 5.95. The van der Waals surface area contributed by atoms with Gasteiger partial charge in [-0.25, -0.2) is 13.6 Å². The number of morpholine rings is 1. The number of rotatable bonds is 4. The Bertz CT molecular complexity index is 1010. The maximum absolute atomic E-state index is 14.6. The number of fused-ring (bicyclic) bond motifs is 1. The number of piperidine rings is 1. The Hall–Kier alpha value is -1.68. The van der Waals surface area contributed by atoms with Crippen LogP contribution in [0.1, 0.15) is 32.6 Å². The minimum atomic E-state index is -2.64. The predicted octanol–water partition coefficient (Wildman–Crippen LogP) is 4.34. The van der Waals surface area contributed by atoms with Crippen LogP contribution in [0.15, 0.2) is 18.2 Å². The van der Waals surface area contributed by atoms with E-state index in [1.54, 1.807) is 25.1 Å². The summed E-state index contributed by atoms with van der Waals surface area (Å²) in [6.45, 7) is 3.68. The summed E-state index contributed by atoms with van der Waals surface area (Å²) < 4.78 is 34.9. The monoisotopic (exact) mass is 530 g/mol. The van der Waals surface area contributed by atoms with Crippen LogP contribution < -0.4 is 5.32 Å². The highest BCUT2D eigenvalue weighted by molar-refractivity contribution is 6.42. The van der Waals surface area contributed by atoms with Gasteiger partial charge in [-0.3, -0.25) is 9.69 Å². The first kappa shape index (κ1) is 25.0. The molecule has 0 aromatic heterocycles. The molecule has 35 heavy (non-hydrogen) atoms. The fourth-order valence-electron chi connectivity index (χ4n) is 5.66. The molecule has 3 amide bonds. The van der Waals surface area contributed by atoms with Gasteiger partial charge in [-0.1, -0.05) is 23.2 Å². The van der Waals surface area contributed by atoms with Crippen molar-refractivity contribution in [3.63, 3.8) is 0 Å². The Labute approximate surface area is 213 Å². The van der Waals surface area contributed by atoms with Gasteiger partial charge in [0, 0.05) is 24.2 Å². The van der Waals surface area contributed by atoms with Crippen molar-refractivity contribution in [2.75, 3.05) is 44.7 Å². The molecule has 1 N–H and O–H groups in total. The number of amides is 3. The van der Waals surface area contributed by atoms with Crippen LogP contribution in [0.25, 0.3) is 0 Å². The summed E-state index contributed by atoms with van der Waals surface area (Å²) >= 11 is 12.0. The molecule has 3 heterocycles. The molecule has 3 saturated heterocycles. The molecule has 3 aliphatic heterocycles. The molecule has 11 heteroatoms. The van der Waals surface area contributed by atoms with Crippen molar-refractivity contribution in [3.8, 4) is 0 Å². The fraction of sp³-hybridized carbons (Fsp3) is 0.667. The Morgan fingerprint density at radius 3 is 2.66 bits per heavy atom. The molecule has 1 aromatic rings. The molecule has 0 bridgehead atoms. The van der Waals surface area contributed by atoms with Crippen LogP contribution in [0, 0.1) is 5.41 Å². The molecule has 7 nitrogen and oxygen atoms in total. The SMILES string of the molecule is CC1C(=O)N2C(CCN3CCC4(CC4)C(F)(F)C3)COCC2CN1C(=O)Nc1ccc(Cl)c(Cl)c1. The van der Waals surface area contributed by atoms with Crippen LogP contribution in [-0.2, 0) is 9.53 Å². The molecular formula is C24H30Cl2F2N4O3. The van der Waals surface area contributed by atoms with Crippen LogP contribution in [0.2, 0.25) is 10.0 Å². The second kappa shape index (κ2) is 9.32. The maximum Gasteiger partial charge on any atom is 0.322 e. The van der Waals surface area contributed by atoms with Gasteiger partial charge in [-0.05, 0) is 57.4 Å². The summed E-state index contributed by atoms with van der Waals surface area (Å²) in [5.74, 6) is -2.80. The minimum Gasteiger partial charge on any atom is -0.377 e. The highest BCUT2D eigenvalue weighted by atomic mass is 35.5. The van der Waals surface area contributed by atoms with E-state index in [9.17, 15) is 18.4 Å². The number of carbonyl (C=O) groups is 2. The highest BCUT2D eigenvalue weighted by Gasteiger charge is 2.63. The number of anilines is 1. The van der Waals surface area contributed by atoms with Crippen LogP contribution in [0.5, 0.6) is 0 Å². The average molecular weight is 531 g/mol. The lowest BCUT2D eigenvalue weighted by Crippen LogP contribution is -2.68. The zero-order chi connectivity index (χ0) is 25.0. The van der Waals surface area contributed by atoms with Gasteiger partial charge in [-0.2, -0.15) is 0 Å². The number of carbonyl (C=O) groups excluding carboxylic acids is 2. The molecule has 3 atom stereocenters. The van der Waals surface area contributed by atoms with Gasteiger partial charge in [0.1, 0.15) is 6.04 Å². The number of halogens is 4. The number of hydrogen-bond acceptors (Lipinski definition) is 4. The lowest BCUT2D eigenvalue weighted by atomic mass is 9.89. The summed E-state index contributed by atoms with van der Waals surface area (Å²) in [4.78, 5) is 31.5. The van der Waals surface area contributed by atoms with Crippen molar-refractivity contribution >= 4 is 40.8 Å². The van der Waals surface area contributed by atoms with Crippen molar-refractivity contribution in [1.29, 1.82) is 0 Å². The zero-order valence-electron chi connectivity index (χ0n) is 19.6. The maximum atomic E-state index is 14.6. The normalized spacial score (nSPS) is 29.7. The molecule has 192 valence electrons. The second-order valence-electron chi connectivity index (χ2n) is 10.3. The quantitative estimate of drug-likeness (QED) is 0.628. The van der Waals surface area contributed by atoms with Gasteiger partial charge in [0.25, 0.3) is 5.92 Å². The molecule has 1 aliphatic carbocycles. The number of urea groups is 1. The molecule has 0 radical (unpaired) electrons. The van der Waals surface area contributed by atoms with E-state index in [-0.39, 0.29) is 24.5 Å². The predicted molar refractivity (Wildman–Crippen MR) is 129 cm³/mol. The molecule has 5 rings (SSSR count). The van der Waals surface area contributed by atoms with Gasteiger partial charge in [0.2, 0.25) is 5.91 Å². The molecule has 4 fully saturated rings. The molecular weight excluding hydrogens is 501 g/mol. The largest absolute Gasteiger partial charge is 0.377 e. The number of ether oxygens (including phenoxy) is 1. The van der Waals surface area contributed by atoms with E-state index < -0.39 is 23.4 Å². The zero-order valence-corrected chi connectivity index (χ0v) is 21.1. The van der Waals surface area contributed by atoms with E-state index in [1.165, 1.54) is 4.90 Å². The third-order valence-corrected chi connectivity index (χ3v) is 8.80. The molecule has 1 saturated carbocycles. The first-order chi connectivity index (χ1) is 16.6. The Kier molecular flexibility index (Phi) is 6.66. The standard InChI is InChI=1S/C24H30Cl2F2N4O3/c1-15-21(33)32-17(4-8-30-9-7-23(5-6-23)24(27,28)14-30)12-35-13-18(32)11-31(15)22(34)29-16-2-3-19(25)20(26)10-16/h2-3,10,15,17-18H,4-9,11-14H2,1H3,(H,29,34). The summed E-state index contributed by atoms with van der Waals surface area (Å²) in [7, 11) is 0. The van der Waals surface area contributed by atoms with Crippen LogP contribution >= 0.6 is 23.2 Å². The average Bonchev–Trinajstić information content (AvgIpc) is 3.61. The van der Waals surface area contributed by atoms with E-state index in [4.69, 9.17) is 27.9 Å². The topological polar surface area (TPSA) is 65.1 Å². The number of hydrogen-bond donors (Lipinski definition) is 1. The van der Waals surface area contributed by atoms with Gasteiger partial charge in [0.05, 0.1) is 41.9 Å². The van der Waals surface area contributed by atoms with Crippen LogP contribution in [0.3, 0.4) is 0 Å². The van der Waals surface area contributed by atoms with Gasteiger partial charge < -0.3 is 19.9 Å². The van der Waals surface area contributed by atoms with E-state index in [0.717, 1.165) is 0 Å². The Balaban J connectivity index is 1.20. The summed E-state index contributed by atoms with van der Waals surface area (Å²) in [5.41, 5.74) is -0.280. The molecule has 3 unspecified atom stereocenters. The molecule has 4 aliphatic rings. The third kappa shape index (κ3) is 4.72. The van der Waals surface area contributed by atoms with Gasteiger partial charge in [0.15, 0.2) is 0 Å². The van der Waals surface area contributed by atoms with E-state index in [2.05, 4.69) is 5.32 Å². The highest BCUT2D eigenvalue weighted by Crippen LogP contribution is 2.61. The number of benzene rings is 1. The van der Waals surface area contributed by atoms with Crippen molar-refractivity contribution in [3.05, 3.63) is 28.2 Å². The lowest BCUT2D eigenvalue weighted by molar-refractivity contribution is -0.160. The third-order valence-electron chi connectivity index (χ3n) is 8.06. The second-order valence-corrected chi connectivity index (χ2v) is 11.1. The summed E-state index contributed by atoms with van der Waals surface area (Å²) in [6, 6.07) is 3.24. The van der Waals surface area contributed by atoms with Crippen molar-refractivity contribution in [2.24, 2.45) is 5.41 Å². The summed E-state index contributed by atoms with van der Waals surface area (Å²) in [6.07, 6.45) is 2.35. The minimum absolute atomic E-state index is 0.153. The van der Waals surface area contributed by atoms with Gasteiger partial charge in [-0.15, -0.1) is 0 Å². The van der Waals surface area contributed by atoms with E-state index >= 15 is 0 Å². The van der Waals surface area contributed by atoms with Crippen LogP contribution in [0.4, 0.5) is 19.3 Å². The molecule has 1 aromatic carbocycles. The first-order valence-corrected chi connectivity index (χ1v) is 12.9. The number of nitrogens with one attached hydrogen (secondary N) is 1. The van der Waals surface area contributed by atoms with Crippen LogP contribution in [-0.4, -0.2) is 90.1 Å². The Morgan fingerprint density at radius 1 is 1.20 bits per heavy atom. The Morgan fingerprint density at radius 2 is 1.97 bits per heavy atom. The number of nitrogens with zero attached hydrogens (tertiary/aromatic N) is 3. The van der Waals surface area contributed by atoms with Crippen molar-refractivity contribution in [2.45, 2.75) is 56.7 Å². The van der Waals surface area contributed by atoms with E-state index in [0.29, 0.717) is 74.3 Å². The smallest absolute Gasteiger partial charge is 0.322 e. The number of alkyl halides is 2. The van der Waals surface area contributed by atoms with Gasteiger partial charge >= 0.3 is 6.03 Å². The lowest BCUT2D eigenvalue weighted by Gasteiger charge is -2.50. The first-order valence-electron chi connectivity index (χ1n) is 12.1. The van der Waals surface area contributed by atoms with Crippen molar-refractivity contribution < 1.29 is 23.1 Å². The molecule has 1 spiro atoms. The van der Waals surface area contributed by atoms with E-state index in [1.807, 2.05) is 9.80 Å². The van der Waals surface area contributed by atoms with Crippen molar-refractivity contribution in [1.82, 2.24) is 14.7 Å². The summed E-state index contributed by atoms with van der Waals surface area (Å²) in [5, 5.41) is 3.48.